The van der Waals surface area contributed by atoms with Gasteiger partial charge in [-0.1, -0.05) is 36.4 Å². The second kappa shape index (κ2) is 5.40. The van der Waals surface area contributed by atoms with E-state index in [1.165, 1.54) is 0 Å². The first-order chi connectivity index (χ1) is 11.1. The topological polar surface area (TPSA) is 71.3 Å². The Morgan fingerprint density at radius 1 is 1.09 bits per heavy atom. The summed E-state index contributed by atoms with van der Waals surface area (Å²) in [5.74, 6) is 0. The van der Waals surface area contributed by atoms with E-state index in [9.17, 15) is 8.42 Å². The van der Waals surface area contributed by atoms with Gasteiger partial charge in [-0.15, -0.1) is 0 Å². The Bertz CT molecular complexity index is 930. The van der Waals surface area contributed by atoms with Crippen LogP contribution in [0.25, 0.3) is 11.0 Å². The van der Waals surface area contributed by atoms with Gasteiger partial charge in [0.05, 0.1) is 0 Å². The van der Waals surface area contributed by atoms with Gasteiger partial charge in [-0.05, 0) is 24.1 Å². The van der Waals surface area contributed by atoms with Crippen LogP contribution in [0.1, 0.15) is 5.56 Å². The van der Waals surface area contributed by atoms with E-state index >= 15 is 0 Å². The van der Waals surface area contributed by atoms with Crippen molar-refractivity contribution in [1.29, 1.82) is 0 Å². The van der Waals surface area contributed by atoms with Crippen molar-refractivity contribution in [2.24, 2.45) is 0 Å². The van der Waals surface area contributed by atoms with Crippen molar-refractivity contribution in [3.8, 4) is 0 Å². The molecule has 0 aliphatic carbocycles. The molecule has 0 saturated heterocycles. The number of sulfonamides is 1. The van der Waals surface area contributed by atoms with Crippen molar-refractivity contribution in [2.75, 3.05) is 11.9 Å². The molecule has 1 aliphatic heterocycles. The molecule has 5 nitrogen and oxygen atoms in total. The molecular formula is C17H16N2O3S. The molecule has 2 aromatic carbocycles. The highest BCUT2D eigenvalue weighted by Gasteiger charge is 2.26. The van der Waals surface area contributed by atoms with Gasteiger partial charge in [-0.3, -0.25) is 0 Å². The van der Waals surface area contributed by atoms with E-state index in [2.05, 4.69) is 10.0 Å². The zero-order chi connectivity index (χ0) is 15.9. The Morgan fingerprint density at radius 3 is 2.74 bits per heavy atom. The van der Waals surface area contributed by atoms with Crippen LogP contribution in [0.4, 0.5) is 5.69 Å². The zero-order valence-corrected chi connectivity index (χ0v) is 13.1. The molecule has 0 fully saturated rings. The maximum absolute atomic E-state index is 12.5. The first kappa shape index (κ1) is 14.3. The smallest absolute Gasteiger partial charge is 0.274 e. The van der Waals surface area contributed by atoms with Crippen LogP contribution in [0.2, 0.25) is 0 Å². The average Bonchev–Trinajstić information content (AvgIpc) is 2.99. The number of anilines is 1. The van der Waals surface area contributed by atoms with E-state index in [4.69, 9.17) is 4.42 Å². The maximum Gasteiger partial charge on any atom is 0.274 e. The lowest BCUT2D eigenvalue weighted by atomic mass is 10.0. The van der Waals surface area contributed by atoms with Gasteiger partial charge in [0, 0.05) is 29.7 Å². The van der Waals surface area contributed by atoms with Crippen molar-refractivity contribution in [2.45, 2.75) is 17.6 Å². The van der Waals surface area contributed by atoms with Gasteiger partial charge in [0.2, 0.25) is 5.09 Å². The van der Waals surface area contributed by atoms with Gasteiger partial charge >= 0.3 is 0 Å². The van der Waals surface area contributed by atoms with Crippen molar-refractivity contribution in [3.63, 3.8) is 0 Å². The third-order valence-electron chi connectivity index (χ3n) is 4.01. The third-order valence-corrected chi connectivity index (χ3v) is 5.39. The number of hydrogen-bond donors (Lipinski definition) is 2. The quantitative estimate of drug-likeness (QED) is 0.775. The SMILES string of the molecule is O=S(=O)(NC1CNc2ccccc2C1)c1cc2ccccc2o1. The minimum Gasteiger partial charge on any atom is -0.443 e. The standard InChI is InChI=1S/C17H16N2O3S/c20-23(21,17-10-13-6-2-4-8-16(13)22-17)19-14-9-12-5-1-3-7-15(12)18-11-14/h1-8,10,14,18-19H,9,11H2. The Balaban J connectivity index is 1.58. The fraction of sp³-hybridized carbons (Fsp3) is 0.176. The Morgan fingerprint density at radius 2 is 1.87 bits per heavy atom. The van der Waals surface area contributed by atoms with Crippen LogP contribution in [-0.4, -0.2) is 21.0 Å². The molecule has 1 aromatic heterocycles. The van der Waals surface area contributed by atoms with Gasteiger partial charge in [-0.2, -0.15) is 0 Å². The zero-order valence-electron chi connectivity index (χ0n) is 12.3. The number of para-hydroxylation sites is 2. The van der Waals surface area contributed by atoms with Crippen LogP contribution in [0.5, 0.6) is 0 Å². The lowest BCUT2D eigenvalue weighted by Crippen LogP contribution is -2.43. The highest BCUT2D eigenvalue weighted by Crippen LogP contribution is 2.25. The molecule has 3 aromatic rings. The molecule has 6 heteroatoms. The molecule has 1 unspecified atom stereocenters. The first-order valence-corrected chi connectivity index (χ1v) is 8.93. The number of nitrogens with one attached hydrogen (secondary N) is 2. The number of rotatable bonds is 3. The van der Waals surface area contributed by atoms with Crippen molar-refractivity contribution < 1.29 is 12.8 Å². The largest absolute Gasteiger partial charge is 0.443 e. The van der Waals surface area contributed by atoms with Crippen LogP contribution in [0.15, 0.2) is 64.1 Å². The summed E-state index contributed by atoms with van der Waals surface area (Å²) in [6.45, 7) is 0.552. The summed E-state index contributed by atoms with van der Waals surface area (Å²) in [6.07, 6.45) is 0.655. The molecule has 0 radical (unpaired) electrons. The van der Waals surface area contributed by atoms with E-state index in [1.807, 2.05) is 42.5 Å². The Labute approximate surface area is 134 Å². The normalized spacial score (nSPS) is 17.7. The molecule has 2 heterocycles. The summed E-state index contributed by atoms with van der Waals surface area (Å²) in [6, 6.07) is 16.5. The second-order valence-electron chi connectivity index (χ2n) is 5.66. The summed E-state index contributed by atoms with van der Waals surface area (Å²) >= 11 is 0. The fourth-order valence-corrected chi connectivity index (χ4v) is 4.10. The minimum atomic E-state index is -3.68. The van der Waals surface area contributed by atoms with Crippen LogP contribution >= 0.6 is 0 Å². The predicted octanol–water partition coefficient (Wildman–Crippen LogP) is 2.75. The molecule has 0 amide bonds. The van der Waals surface area contributed by atoms with Gasteiger partial charge in [-0.25, -0.2) is 13.1 Å². The number of benzene rings is 2. The summed E-state index contributed by atoms with van der Waals surface area (Å²) in [7, 11) is -3.68. The molecule has 1 atom stereocenters. The molecule has 23 heavy (non-hydrogen) atoms. The van der Waals surface area contributed by atoms with Crippen LogP contribution in [0, 0.1) is 0 Å². The summed E-state index contributed by atoms with van der Waals surface area (Å²) in [5, 5.41) is 3.99. The lowest BCUT2D eigenvalue weighted by Gasteiger charge is -2.26. The van der Waals surface area contributed by atoms with Crippen molar-refractivity contribution in [1.82, 2.24) is 4.72 Å². The van der Waals surface area contributed by atoms with Crippen molar-refractivity contribution >= 4 is 26.7 Å². The molecule has 118 valence electrons. The molecule has 2 N–H and O–H groups in total. The summed E-state index contributed by atoms with van der Waals surface area (Å²) < 4.78 is 33.3. The first-order valence-electron chi connectivity index (χ1n) is 7.44. The van der Waals surface area contributed by atoms with Gasteiger partial charge in [0.1, 0.15) is 5.58 Å². The molecule has 0 saturated carbocycles. The summed E-state index contributed by atoms with van der Waals surface area (Å²) in [5.41, 5.74) is 2.74. The monoisotopic (exact) mass is 328 g/mol. The Hall–Kier alpha value is -2.31. The van der Waals surface area contributed by atoms with Crippen molar-refractivity contribution in [3.05, 3.63) is 60.2 Å². The lowest BCUT2D eigenvalue weighted by molar-refractivity contribution is 0.467. The fourth-order valence-electron chi connectivity index (χ4n) is 2.89. The molecule has 0 bridgehead atoms. The highest BCUT2D eigenvalue weighted by molar-refractivity contribution is 7.89. The van der Waals surface area contributed by atoms with Gasteiger partial charge in [0.15, 0.2) is 0 Å². The Kier molecular flexibility index (Phi) is 3.36. The van der Waals surface area contributed by atoms with E-state index < -0.39 is 10.0 Å². The van der Waals surface area contributed by atoms with E-state index in [-0.39, 0.29) is 11.1 Å². The maximum atomic E-state index is 12.5. The number of hydrogen-bond acceptors (Lipinski definition) is 4. The van der Waals surface area contributed by atoms with E-state index in [1.54, 1.807) is 12.1 Å². The predicted molar refractivity (Wildman–Crippen MR) is 89.0 cm³/mol. The van der Waals surface area contributed by atoms with Crippen LogP contribution in [0.3, 0.4) is 0 Å². The van der Waals surface area contributed by atoms with E-state index in [0.29, 0.717) is 18.5 Å². The third kappa shape index (κ3) is 2.71. The van der Waals surface area contributed by atoms with Gasteiger partial charge < -0.3 is 9.73 Å². The van der Waals surface area contributed by atoms with Gasteiger partial charge in [0.25, 0.3) is 10.0 Å². The second-order valence-corrected chi connectivity index (χ2v) is 7.31. The molecular weight excluding hydrogens is 312 g/mol. The highest BCUT2D eigenvalue weighted by atomic mass is 32.2. The van der Waals surface area contributed by atoms with Crippen LogP contribution in [-0.2, 0) is 16.4 Å². The van der Waals surface area contributed by atoms with Crippen LogP contribution < -0.4 is 10.0 Å². The number of furan rings is 1. The molecule has 4 rings (SSSR count). The van der Waals surface area contributed by atoms with E-state index in [0.717, 1.165) is 16.6 Å². The average molecular weight is 328 g/mol. The summed E-state index contributed by atoms with van der Waals surface area (Å²) in [4.78, 5) is 0. The molecule has 0 spiro atoms. The number of fused-ring (bicyclic) bond motifs is 2. The molecule has 1 aliphatic rings. The minimum absolute atomic E-state index is 0.0439.